The van der Waals surface area contributed by atoms with E-state index in [2.05, 4.69) is 20.7 Å². The average molecular weight is 295 g/mol. The van der Waals surface area contributed by atoms with E-state index in [0.29, 0.717) is 0 Å². The molecule has 0 bridgehead atoms. The molecule has 0 aliphatic rings. The molecule has 0 aromatic heterocycles. The Balaban J connectivity index is 3.33. The maximum atomic E-state index is 13.5. The summed E-state index contributed by atoms with van der Waals surface area (Å²) < 4.78 is 36.3. The SMILES string of the molecule is CCOc1c(Br)cc(C(=O)OC)c(F)c1F. The van der Waals surface area contributed by atoms with Crippen LogP contribution in [0.3, 0.4) is 0 Å². The summed E-state index contributed by atoms with van der Waals surface area (Å²) >= 11 is 2.99. The molecule has 88 valence electrons. The lowest BCUT2D eigenvalue weighted by atomic mass is 10.2. The topological polar surface area (TPSA) is 35.5 Å². The van der Waals surface area contributed by atoms with Crippen molar-refractivity contribution < 1.29 is 23.0 Å². The van der Waals surface area contributed by atoms with E-state index in [1.165, 1.54) is 0 Å². The monoisotopic (exact) mass is 294 g/mol. The lowest BCUT2D eigenvalue weighted by Crippen LogP contribution is -2.08. The molecule has 0 saturated carbocycles. The van der Waals surface area contributed by atoms with E-state index in [0.717, 1.165) is 13.2 Å². The molecule has 0 fully saturated rings. The third-order valence-corrected chi connectivity index (χ3v) is 2.40. The van der Waals surface area contributed by atoms with Crippen LogP contribution in [0.25, 0.3) is 0 Å². The van der Waals surface area contributed by atoms with E-state index in [4.69, 9.17) is 4.74 Å². The Labute approximate surface area is 99.5 Å². The van der Waals surface area contributed by atoms with Crippen LogP contribution in [0.2, 0.25) is 0 Å². The fraction of sp³-hybridized carbons (Fsp3) is 0.300. The molecule has 16 heavy (non-hydrogen) atoms. The molecule has 0 radical (unpaired) electrons. The number of rotatable bonds is 3. The molecular weight excluding hydrogens is 286 g/mol. The summed E-state index contributed by atoms with van der Waals surface area (Å²) in [5.74, 6) is -3.69. The third kappa shape index (κ3) is 2.32. The van der Waals surface area contributed by atoms with E-state index in [1.807, 2.05) is 0 Å². The molecule has 0 spiro atoms. The first-order valence-corrected chi connectivity index (χ1v) is 5.20. The molecule has 6 heteroatoms. The van der Waals surface area contributed by atoms with Crippen molar-refractivity contribution in [2.24, 2.45) is 0 Å². The summed E-state index contributed by atoms with van der Waals surface area (Å²) in [4.78, 5) is 11.1. The maximum Gasteiger partial charge on any atom is 0.341 e. The van der Waals surface area contributed by atoms with Gasteiger partial charge in [0.25, 0.3) is 0 Å². The van der Waals surface area contributed by atoms with Gasteiger partial charge in [-0.1, -0.05) is 0 Å². The van der Waals surface area contributed by atoms with E-state index >= 15 is 0 Å². The van der Waals surface area contributed by atoms with Crippen LogP contribution in [0, 0.1) is 11.6 Å². The van der Waals surface area contributed by atoms with Gasteiger partial charge in [-0.2, -0.15) is 4.39 Å². The van der Waals surface area contributed by atoms with Crippen LogP contribution < -0.4 is 4.74 Å². The maximum absolute atomic E-state index is 13.5. The number of carbonyl (C=O) groups excluding carboxylic acids is 1. The van der Waals surface area contributed by atoms with Gasteiger partial charge >= 0.3 is 5.97 Å². The van der Waals surface area contributed by atoms with E-state index in [-0.39, 0.29) is 16.8 Å². The largest absolute Gasteiger partial charge is 0.489 e. The van der Waals surface area contributed by atoms with Gasteiger partial charge < -0.3 is 9.47 Å². The predicted octanol–water partition coefficient (Wildman–Crippen LogP) is 2.91. The highest BCUT2D eigenvalue weighted by Crippen LogP contribution is 2.32. The van der Waals surface area contributed by atoms with E-state index < -0.39 is 23.2 Å². The van der Waals surface area contributed by atoms with Gasteiger partial charge in [0, 0.05) is 0 Å². The van der Waals surface area contributed by atoms with Crippen LogP contribution in [0.5, 0.6) is 5.75 Å². The highest BCUT2D eigenvalue weighted by molar-refractivity contribution is 9.10. The minimum absolute atomic E-state index is 0.161. The zero-order valence-electron chi connectivity index (χ0n) is 8.64. The van der Waals surface area contributed by atoms with Crippen molar-refractivity contribution >= 4 is 21.9 Å². The molecule has 0 atom stereocenters. The Morgan fingerprint density at radius 2 is 2.06 bits per heavy atom. The second kappa shape index (κ2) is 5.25. The first-order valence-electron chi connectivity index (χ1n) is 4.41. The fourth-order valence-electron chi connectivity index (χ4n) is 1.11. The minimum Gasteiger partial charge on any atom is -0.489 e. The van der Waals surface area contributed by atoms with Gasteiger partial charge in [0.05, 0.1) is 23.8 Å². The lowest BCUT2D eigenvalue weighted by molar-refractivity contribution is 0.0594. The Morgan fingerprint density at radius 1 is 1.44 bits per heavy atom. The summed E-state index contributed by atoms with van der Waals surface area (Å²) in [6.07, 6.45) is 0. The van der Waals surface area contributed by atoms with Crippen molar-refractivity contribution in [3.05, 3.63) is 27.7 Å². The number of methoxy groups -OCH3 is 1. The van der Waals surface area contributed by atoms with Gasteiger partial charge in [0.1, 0.15) is 0 Å². The number of benzene rings is 1. The number of esters is 1. The zero-order valence-corrected chi connectivity index (χ0v) is 10.2. The lowest BCUT2D eigenvalue weighted by Gasteiger charge is -2.10. The third-order valence-electron chi connectivity index (χ3n) is 1.81. The number of hydrogen-bond donors (Lipinski definition) is 0. The number of carbonyl (C=O) groups is 1. The highest BCUT2D eigenvalue weighted by Gasteiger charge is 2.22. The van der Waals surface area contributed by atoms with Crippen molar-refractivity contribution in [1.82, 2.24) is 0 Å². The summed E-state index contributed by atoms with van der Waals surface area (Å²) in [7, 11) is 1.09. The van der Waals surface area contributed by atoms with Gasteiger partial charge in [-0.25, -0.2) is 9.18 Å². The van der Waals surface area contributed by atoms with Crippen molar-refractivity contribution in [1.29, 1.82) is 0 Å². The van der Waals surface area contributed by atoms with Gasteiger partial charge in [-0.3, -0.25) is 0 Å². The molecule has 0 aliphatic heterocycles. The Bertz CT molecular complexity index is 421. The van der Waals surface area contributed by atoms with E-state index in [9.17, 15) is 13.6 Å². The second-order valence-corrected chi connectivity index (χ2v) is 3.64. The van der Waals surface area contributed by atoms with Gasteiger partial charge in [-0.15, -0.1) is 0 Å². The highest BCUT2D eigenvalue weighted by atomic mass is 79.9. The van der Waals surface area contributed by atoms with E-state index in [1.54, 1.807) is 6.92 Å². The smallest absolute Gasteiger partial charge is 0.341 e. The number of ether oxygens (including phenoxy) is 2. The molecule has 0 N–H and O–H groups in total. The van der Waals surface area contributed by atoms with Crippen LogP contribution in [0.1, 0.15) is 17.3 Å². The number of halogens is 3. The quantitative estimate of drug-likeness (QED) is 0.635. The molecule has 0 amide bonds. The first-order chi connectivity index (χ1) is 7.52. The molecule has 0 heterocycles. The van der Waals surface area contributed by atoms with Crippen LogP contribution in [-0.2, 0) is 4.74 Å². The molecular formula is C10H9BrF2O3. The summed E-state index contributed by atoms with van der Waals surface area (Å²) in [5, 5.41) is 0. The van der Waals surface area contributed by atoms with Crippen molar-refractivity contribution in [2.45, 2.75) is 6.92 Å². The van der Waals surface area contributed by atoms with Crippen LogP contribution in [0.4, 0.5) is 8.78 Å². The van der Waals surface area contributed by atoms with Crippen molar-refractivity contribution in [3.8, 4) is 5.75 Å². The Hall–Kier alpha value is -1.17. The average Bonchev–Trinajstić information content (AvgIpc) is 2.28. The zero-order chi connectivity index (χ0) is 12.3. The standard InChI is InChI=1S/C10H9BrF2O3/c1-3-16-9-6(11)4-5(10(14)15-2)7(12)8(9)13/h4H,3H2,1-2H3. The summed E-state index contributed by atoms with van der Waals surface area (Å²) in [6.45, 7) is 1.82. The molecule has 0 saturated heterocycles. The first kappa shape index (κ1) is 12.9. The van der Waals surface area contributed by atoms with Crippen LogP contribution in [0.15, 0.2) is 10.5 Å². The number of hydrogen-bond acceptors (Lipinski definition) is 3. The van der Waals surface area contributed by atoms with Crippen LogP contribution in [-0.4, -0.2) is 19.7 Å². The van der Waals surface area contributed by atoms with Gasteiger partial charge in [0.15, 0.2) is 11.6 Å². The molecule has 1 aromatic rings. The Morgan fingerprint density at radius 3 is 2.56 bits per heavy atom. The molecule has 1 aromatic carbocycles. The Kier molecular flexibility index (Phi) is 4.23. The normalized spacial score (nSPS) is 10.1. The summed E-state index contributed by atoms with van der Waals surface area (Å²) in [6, 6.07) is 1.12. The minimum atomic E-state index is -1.28. The fourth-order valence-corrected chi connectivity index (χ4v) is 1.63. The van der Waals surface area contributed by atoms with Gasteiger partial charge in [0.2, 0.25) is 5.82 Å². The van der Waals surface area contributed by atoms with Crippen molar-refractivity contribution in [2.75, 3.05) is 13.7 Å². The molecule has 0 aliphatic carbocycles. The molecule has 1 rings (SSSR count). The molecule has 0 unspecified atom stereocenters. The van der Waals surface area contributed by atoms with Gasteiger partial charge in [-0.05, 0) is 28.9 Å². The predicted molar refractivity (Wildman–Crippen MR) is 56.6 cm³/mol. The molecule has 3 nitrogen and oxygen atoms in total. The van der Waals surface area contributed by atoms with Crippen molar-refractivity contribution in [3.63, 3.8) is 0 Å². The van der Waals surface area contributed by atoms with Crippen LogP contribution >= 0.6 is 15.9 Å². The summed E-state index contributed by atoms with van der Waals surface area (Å²) in [5.41, 5.74) is -0.477. The second-order valence-electron chi connectivity index (χ2n) is 2.79.